The molecule has 2 N–H and O–H groups in total. The minimum atomic E-state index is -0.929. The molecular weight excluding hydrogens is 240 g/mol. The number of carboxylic acids is 1. The Morgan fingerprint density at radius 2 is 2.22 bits per heavy atom. The maximum absolute atomic E-state index is 12.2. The van der Waals surface area contributed by atoms with Crippen molar-refractivity contribution in [1.29, 1.82) is 0 Å². The third-order valence-corrected chi connectivity index (χ3v) is 2.93. The van der Waals surface area contributed by atoms with Crippen LogP contribution < -0.4 is 0 Å². The van der Waals surface area contributed by atoms with Crippen LogP contribution in [0.15, 0.2) is 0 Å². The molecule has 0 saturated carbocycles. The fraction of sp³-hybridized carbons (Fsp3) is 0.818. The predicted octanol–water partition coefficient (Wildman–Crippen LogP) is -0.404. The van der Waals surface area contributed by atoms with Gasteiger partial charge in [-0.25, -0.2) is 4.79 Å². The number of aliphatic carboxylic acids is 1. The lowest BCUT2D eigenvalue weighted by Gasteiger charge is -2.37. The molecule has 0 spiro atoms. The molecule has 1 fully saturated rings. The molecule has 0 bridgehead atoms. The van der Waals surface area contributed by atoms with Crippen LogP contribution in [-0.4, -0.2) is 77.5 Å². The fourth-order valence-corrected chi connectivity index (χ4v) is 1.86. The van der Waals surface area contributed by atoms with Gasteiger partial charge in [-0.1, -0.05) is 0 Å². The van der Waals surface area contributed by atoms with E-state index < -0.39 is 5.97 Å². The second-order valence-electron chi connectivity index (χ2n) is 4.11. The molecule has 0 aromatic rings. The molecule has 104 valence electrons. The summed E-state index contributed by atoms with van der Waals surface area (Å²) in [6, 6.07) is -0.578. The monoisotopic (exact) mass is 260 g/mol. The number of hydrogen-bond donors (Lipinski definition) is 2. The van der Waals surface area contributed by atoms with Gasteiger partial charge in [0, 0.05) is 19.6 Å². The van der Waals surface area contributed by atoms with Gasteiger partial charge in [-0.15, -0.1) is 0 Å². The summed E-state index contributed by atoms with van der Waals surface area (Å²) in [4.78, 5) is 25.8. The highest BCUT2D eigenvalue weighted by molar-refractivity contribution is 5.76. The molecule has 1 heterocycles. The van der Waals surface area contributed by atoms with Crippen LogP contribution in [-0.2, 0) is 9.53 Å². The maximum atomic E-state index is 12.2. The zero-order valence-electron chi connectivity index (χ0n) is 10.5. The SMILES string of the molecule is CCN(CCC(=O)O)C(=O)N1CCOCC1CO. The number of morpholine rings is 1. The lowest BCUT2D eigenvalue weighted by molar-refractivity contribution is -0.137. The number of nitrogens with zero attached hydrogens (tertiary/aromatic N) is 2. The zero-order valence-corrected chi connectivity index (χ0v) is 10.5. The first-order valence-corrected chi connectivity index (χ1v) is 6.06. The molecular formula is C11H20N2O5. The summed E-state index contributed by atoms with van der Waals surface area (Å²) < 4.78 is 5.20. The summed E-state index contributed by atoms with van der Waals surface area (Å²) in [5.41, 5.74) is 0. The minimum absolute atomic E-state index is 0.0757. The summed E-state index contributed by atoms with van der Waals surface area (Å²) in [6.07, 6.45) is -0.0757. The molecule has 2 amide bonds. The van der Waals surface area contributed by atoms with Crippen LogP contribution in [0.1, 0.15) is 13.3 Å². The van der Waals surface area contributed by atoms with E-state index in [0.717, 1.165) is 0 Å². The number of urea groups is 1. The van der Waals surface area contributed by atoms with Crippen molar-refractivity contribution in [1.82, 2.24) is 9.80 Å². The van der Waals surface area contributed by atoms with Crippen molar-refractivity contribution in [3.63, 3.8) is 0 Å². The van der Waals surface area contributed by atoms with Gasteiger partial charge in [0.05, 0.1) is 32.3 Å². The zero-order chi connectivity index (χ0) is 13.5. The first kappa shape index (κ1) is 14.7. The van der Waals surface area contributed by atoms with Gasteiger partial charge in [0.15, 0.2) is 0 Å². The van der Waals surface area contributed by atoms with Crippen LogP contribution in [0.2, 0.25) is 0 Å². The van der Waals surface area contributed by atoms with E-state index in [4.69, 9.17) is 9.84 Å². The number of carbonyl (C=O) groups excluding carboxylic acids is 1. The van der Waals surface area contributed by atoms with Crippen LogP contribution in [0.5, 0.6) is 0 Å². The standard InChI is InChI=1S/C11H20N2O5/c1-2-12(4-3-10(15)16)11(17)13-5-6-18-8-9(13)7-14/h9,14H,2-8H2,1H3,(H,15,16). The van der Waals surface area contributed by atoms with Gasteiger partial charge in [0.25, 0.3) is 0 Å². The number of rotatable bonds is 5. The van der Waals surface area contributed by atoms with E-state index in [1.165, 1.54) is 4.90 Å². The maximum Gasteiger partial charge on any atom is 0.320 e. The van der Waals surface area contributed by atoms with E-state index in [1.807, 2.05) is 0 Å². The Morgan fingerprint density at radius 1 is 1.50 bits per heavy atom. The van der Waals surface area contributed by atoms with Gasteiger partial charge >= 0.3 is 12.0 Å². The van der Waals surface area contributed by atoms with Crippen molar-refractivity contribution in [3.05, 3.63) is 0 Å². The average molecular weight is 260 g/mol. The van der Waals surface area contributed by atoms with Crippen molar-refractivity contribution >= 4 is 12.0 Å². The smallest absolute Gasteiger partial charge is 0.320 e. The van der Waals surface area contributed by atoms with Crippen LogP contribution in [0.25, 0.3) is 0 Å². The highest BCUT2D eigenvalue weighted by Crippen LogP contribution is 2.10. The first-order chi connectivity index (χ1) is 8.60. The number of carboxylic acid groups (broad SMARTS) is 1. The van der Waals surface area contributed by atoms with E-state index in [1.54, 1.807) is 11.8 Å². The summed E-state index contributed by atoms with van der Waals surface area (Å²) in [6.45, 7) is 3.46. The number of hydrogen-bond acceptors (Lipinski definition) is 4. The predicted molar refractivity (Wildman–Crippen MR) is 63.3 cm³/mol. The van der Waals surface area contributed by atoms with Crippen molar-refractivity contribution in [2.24, 2.45) is 0 Å². The molecule has 1 atom stereocenters. The van der Waals surface area contributed by atoms with Gasteiger partial charge in [0.2, 0.25) is 0 Å². The topological polar surface area (TPSA) is 90.3 Å². The fourth-order valence-electron chi connectivity index (χ4n) is 1.86. The Hall–Kier alpha value is -1.34. The van der Waals surface area contributed by atoms with Crippen molar-refractivity contribution in [3.8, 4) is 0 Å². The van der Waals surface area contributed by atoms with E-state index in [0.29, 0.717) is 26.3 Å². The largest absolute Gasteiger partial charge is 0.481 e. The normalized spacial score (nSPS) is 19.7. The summed E-state index contributed by atoms with van der Waals surface area (Å²) in [5.74, 6) is -0.929. The van der Waals surface area contributed by atoms with Gasteiger partial charge in [-0.3, -0.25) is 4.79 Å². The van der Waals surface area contributed by atoms with E-state index in [2.05, 4.69) is 0 Å². The molecule has 1 unspecified atom stereocenters. The molecule has 0 radical (unpaired) electrons. The number of aliphatic hydroxyl groups is 1. The Morgan fingerprint density at radius 3 is 2.78 bits per heavy atom. The van der Waals surface area contributed by atoms with Gasteiger partial charge < -0.3 is 24.7 Å². The highest BCUT2D eigenvalue weighted by Gasteiger charge is 2.29. The third-order valence-electron chi connectivity index (χ3n) is 2.93. The van der Waals surface area contributed by atoms with Crippen LogP contribution in [0.4, 0.5) is 4.79 Å². The molecule has 18 heavy (non-hydrogen) atoms. The molecule has 0 aromatic carbocycles. The van der Waals surface area contributed by atoms with Crippen molar-refractivity contribution < 1.29 is 24.5 Å². The molecule has 1 saturated heterocycles. The van der Waals surface area contributed by atoms with Crippen LogP contribution in [0, 0.1) is 0 Å². The lowest BCUT2D eigenvalue weighted by Crippen LogP contribution is -2.55. The Labute approximate surface area is 106 Å². The quantitative estimate of drug-likeness (QED) is 0.701. The van der Waals surface area contributed by atoms with Crippen molar-refractivity contribution in [2.45, 2.75) is 19.4 Å². The Bertz CT molecular complexity index is 297. The molecule has 1 rings (SSSR count). The molecule has 1 aliphatic rings. The van der Waals surface area contributed by atoms with Crippen LogP contribution >= 0.6 is 0 Å². The lowest BCUT2D eigenvalue weighted by atomic mass is 10.2. The Balaban J connectivity index is 2.60. The number of amides is 2. The van der Waals surface area contributed by atoms with Gasteiger partial charge in [0.1, 0.15) is 0 Å². The average Bonchev–Trinajstić information content (AvgIpc) is 2.38. The molecule has 7 heteroatoms. The highest BCUT2D eigenvalue weighted by atomic mass is 16.5. The van der Waals surface area contributed by atoms with Crippen LogP contribution in [0.3, 0.4) is 0 Å². The molecule has 1 aliphatic heterocycles. The second kappa shape index (κ2) is 7.17. The number of carbonyl (C=O) groups is 2. The van der Waals surface area contributed by atoms with E-state index in [9.17, 15) is 14.7 Å². The molecule has 0 aromatic heterocycles. The van der Waals surface area contributed by atoms with Crippen molar-refractivity contribution in [2.75, 3.05) is 39.5 Å². The van der Waals surface area contributed by atoms with E-state index >= 15 is 0 Å². The third kappa shape index (κ3) is 3.85. The van der Waals surface area contributed by atoms with Gasteiger partial charge in [-0.05, 0) is 6.92 Å². The minimum Gasteiger partial charge on any atom is -0.481 e. The molecule has 0 aliphatic carbocycles. The molecule has 7 nitrogen and oxygen atoms in total. The number of ether oxygens (including phenoxy) is 1. The summed E-state index contributed by atoms with van der Waals surface area (Å²) >= 11 is 0. The summed E-state index contributed by atoms with van der Waals surface area (Å²) in [7, 11) is 0. The summed E-state index contributed by atoms with van der Waals surface area (Å²) in [5, 5.41) is 17.8. The first-order valence-electron chi connectivity index (χ1n) is 6.06. The Kier molecular flexibility index (Phi) is 5.87. The van der Waals surface area contributed by atoms with E-state index in [-0.39, 0.29) is 31.6 Å². The number of aliphatic hydroxyl groups excluding tert-OH is 1. The van der Waals surface area contributed by atoms with Gasteiger partial charge in [-0.2, -0.15) is 0 Å². The second-order valence-corrected chi connectivity index (χ2v) is 4.11.